The summed E-state index contributed by atoms with van der Waals surface area (Å²) in [7, 11) is 4.39. The van der Waals surface area contributed by atoms with Crippen molar-refractivity contribution in [3.05, 3.63) is 108 Å². The molecule has 2 aliphatic rings. The molecule has 0 amide bonds. The highest BCUT2D eigenvalue weighted by molar-refractivity contribution is 6.07. The van der Waals surface area contributed by atoms with Crippen molar-refractivity contribution in [2.24, 2.45) is 0 Å². The third kappa shape index (κ3) is 2.99. The topological polar surface area (TPSA) is 6.25 Å². The summed E-state index contributed by atoms with van der Waals surface area (Å²) in [4.78, 5) is 2.36. The van der Waals surface area contributed by atoms with Crippen molar-refractivity contribution < 1.29 is 4.58 Å². The van der Waals surface area contributed by atoms with E-state index >= 15 is 0 Å². The van der Waals surface area contributed by atoms with Crippen molar-refractivity contribution in [3.8, 4) is 0 Å². The van der Waals surface area contributed by atoms with Gasteiger partial charge in [-0.1, -0.05) is 74.5 Å². The first-order valence-corrected chi connectivity index (χ1v) is 12.5. The molecular formula is C33H33N2+. The van der Waals surface area contributed by atoms with Gasteiger partial charge in [-0.3, -0.25) is 0 Å². The molecule has 2 nitrogen and oxygen atoms in total. The zero-order chi connectivity index (χ0) is 24.5. The third-order valence-electron chi connectivity index (χ3n) is 8.30. The number of likely N-dealkylation sites (N-methyl/N-ethyl adjacent to an activating group) is 1. The van der Waals surface area contributed by atoms with Gasteiger partial charge in [0.15, 0.2) is 5.71 Å². The van der Waals surface area contributed by atoms with E-state index in [1.54, 1.807) is 0 Å². The van der Waals surface area contributed by atoms with Gasteiger partial charge in [0.25, 0.3) is 0 Å². The van der Waals surface area contributed by atoms with Gasteiger partial charge in [-0.15, -0.1) is 0 Å². The lowest BCUT2D eigenvalue weighted by atomic mass is 9.79. The van der Waals surface area contributed by atoms with Crippen LogP contribution in [-0.2, 0) is 10.8 Å². The summed E-state index contributed by atoms with van der Waals surface area (Å²) in [5.74, 6) is 0. The molecule has 0 radical (unpaired) electrons. The summed E-state index contributed by atoms with van der Waals surface area (Å²) in [5, 5.41) is 5.31. The van der Waals surface area contributed by atoms with Crippen LogP contribution in [-0.4, -0.2) is 24.4 Å². The first kappa shape index (κ1) is 21.9. The predicted molar refractivity (Wildman–Crippen MR) is 150 cm³/mol. The second-order valence-electron chi connectivity index (χ2n) is 11.0. The fraction of sp³-hybridized carbons (Fsp3) is 0.242. The van der Waals surface area contributed by atoms with E-state index in [-0.39, 0.29) is 10.8 Å². The van der Waals surface area contributed by atoms with Crippen LogP contribution >= 0.6 is 0 Å². The van der Waals surface area contributed by atoms with Crippen LogP contribution in [0.4, 0.5) is 11.4 Å². The number of benzene rings is 4. The Kier molecular flexibility index (Phi) is 4.63. The fourth-order valence-electron chi connectivity index (χ4n) is 6.62. The minimum Gasteiger partial charge on any atom is -0.347 e. The van der Waals surface area contributed by atoms with Crippen molar-refractivity contribution >= 4 is 38.6 Å². The lowest BCUT2D eigenvalue weighted by Gasteiger charge is -2.24. The molecule has 4 aromatic carbocycles. The van der Waals surface area contributed by atoms with Crippen LogP contribution in [0, 0.1) is 0 Å². The van der Waals surface area contributed by atoms with Gasteiger partial charge in [-0.25, -0.2) is 0 Å². The van der Waals surface area contributed by atoms with Crippen LogP contribution in [0.25, 0.3) is 21.5 Å². The zero-order valence-electron chi connectivity index (χ0n) is 21.6. The van der Waals surface area contributed by atoms with Crippen molar-refractivity contribution in [1.82, 2.24) is 0 Å². The molecule has 2 heterocycles. The summed E-state index contributed by atoms with van der Waals surface area (Å²) in [5.41, 5.74) is 7.94. The van der Waals surface area contributed by atoms with Crippen molar-refractivity contribution in [2.45, 2.75) is 38.5 Å². The number of allylic oxidation sites excluding steroid dienone is 4. The van der Waals surface area contributed by atoms with Gasteiger partial charge in [-0.2, -0.15) is 4.58 Å². The molecule has 0 saturated heterocycles. The van der Waals surface area contributed by atoms with Crippen LogP contribution in [0.2, 0.25) is 0 Å². The highest BCUT2D eigenvalue weighted by Gasteiger charge is 2.44. The molecular weight excluding hydrogens is 424 g/mol. The van der Waals surface area contributed by atoms with Gasteiger partial charge in [0, 0.05) is 41.6 Å². The molecule has 0 aromatic heterocycles. The van der Waals surface area contributed by atoms with E-state index in [0.29, 0.717) is 0 Å². The SMILES string of the molecule is CN1C(=CC=CC2=[N+](C)c3ccc4ccccc4c3C2(C)C)C(C)(C)c2c1ccc1ccccc21. The molecule has 35 heavy (non-hydrogen) atoms. The van der Waals surface area contributed by atoms with Crippen LogP contribution < -0.4 is 4.90 Å². The Hall–Kier alpha value is -3.65. The summed E-state index contributed by atoms with van der Waals surface area (Å²) in [6.07, 6.45) is 6.88. The quantitative estimate of drug-likeness (QED) is 0.278. The van der Waals surface area contributed by atoms with E-state index in [1.807, 2.05) is 0 Å². The third-order valence-corrected chi connectivity index (χ3v) is 8.30. The highest BCUT2D eigenvalue weighted by atomic mass is 15.2. The van der Waals surface area contributed by atoms with Gasteiger partial charge in [-0.05, 0) is 59.2 Å². The maximum atomic E-state index is 2.36. The lowest BCUT2D eigenvalue weighted by Crippen LogP contribution is -2.27. The van der Waals surface area contributed by atoms with E-state index in [1.165, 1.54) is 55.5 Å². The number of rotatable bonds is 2. The molecule has 0 saturated carbocycles. The largest absolute Gasteiger partial charge is 0.347 e. The van der Waals surface area contributed by atoms with Crippen LogP contribution in [0.15, 0.2) is 96.7 Å². The molecule has 0 aliphatic carbocycles. The summed E-state index contributed by atoms with van der Waals surface area (Å²) in [6.45, 7) is 9.40. The molecule has 0 fully saturated rings. The number of hydrogen-bond acceptors (Lipinski definition) is 1. The lowest BCUT2D eigenvalue weighted by molar-refractivity contribution is -0.401. The Morgan fingerprint density at radius 1 is 0.714 bits per heavy atom. The molecule has 0 spiro atoms. The van der Waals surface area contributed by atoms with Crippen LogP contribution in [0.1, 0.15) is 38.8 Å². The highest BCUT2D eigenvalue weighted by Crippen LogP contribution is 2.50. The first-order chi connectivity index (χ1) is 16.7. The smallest absolute Gasteiger partial charge is 0.210 e. The average Bonchev–Trinajstić information content (AvgIpc) is 3.17. The molecule has 4 aromatic rings. The number of fused-ring (bicyclic) bond motifs is 6. The van der Waals surface area contributed by atoms with E-state index < -0.39 is 0 Å². The monoisotopic (exact) mass is 457 g/mol. The zero-order valence-corrected chi connectivity index (χ0v) is 21.6. The molecule has 0 N–H and O–H groups in total. The Bertz CT molecular complexity index is 1610. The molecule has 0 atom stereocenters. The molecule has 2 heteroatoms. The number of hydrogen-bond donors (Lipinski definition) is 0. The molecule has 0 unspecified atom stereocenters. The van der Waals surface area contributed by atoms with E-state index in [9.17, 15) is 0 Å². The van der Waals surface area contributed by atoms with E-state index in [2.05, 4.69) is 142 Å². The number of anilines is 1. The van der Waals surface area contributed by atoms with Crippen molar-refractivity contribution in [3.63, 3.8) is 0 Å². The standard InChI is InChI=1S/C33H33N2/c1-32(2)28(34(5)26-20-18-22-12-7-9-14-24(22)30(26)32)16-11-17-29-33(3,4)31-25-15-10-8-13-23(25)19-21-27(31)35(29)6/h7-21H,1-6H3/q+1. The van der Waals surface area contributed by atoms with E-state index in [4.69, 9.17) is 0 Å². The van der Waals surface area contributed by atoms with Crippen molar-refractivity contribution in [1.29, 1.82) is 0 Å². The van der Waals surface area contributed by atoms with Gasteiger partial charge in [0.2, 0.25) is 5.69 Å². The summed E-state index contributed by atoms with van der Waals surface area (Å²) < 4.78 is 2.36. The second kappa shape index (κ2) is 7.42. The molecule has 174 valence electrons. The van der Waals surface area contributed by atoms with Crippen LogP contribution in [0.5, 0.6) is 0 Å². The van der Waals surface area contributed by atoms with Crippen molar-refractivity contribution in [2.75, 3.05) is 19.0 Å². The average molecular weight is 458 g/mol. The summed E-state index contributed by atoms with van der Waals surface area (Å²) in [6, 6.07) is 26.5. The minimum absolute atomic E-state index is 0.0732. The maximum absolute atomic E-state index is 2.36. The maximum Gasteiger partial charge on any atom is 0.210 e. The minimum atomic E-state index is -0.0732. The summed E-state index contributed by atoms with van der Waals surface area (Å²) >= 11 is 0. The predicted octanol–water partition coefficient (Wildman–Crippen LogP) is 7.87. The normalized spacial score (nSPS) is 19.4. The first-order valence-electron chi connectivity index (χ1n) is 12.5. The van der Waals surface area contributed by atoms with E-state index in [0.717, 1.165) is 0 Å². The van der Waals surface area contributed by atoms with Gasteiger partial charge in [0.05, 0.1) is 5.41 Å². The Labute approximate surface area is 208 Å². The Balaban J connectivity index is 1.42. The molecule has 2 aliphatic heterocycles. The Morgan fingerprint density at radius 3 is 2.00 bits per heavy atom. The molecule has 6 rings (SSSR count). The van der Waals surface area contributed by atoms with Gasteiger partial charge >= 0.3 is 0 Å². The second-order valence-corrected chi connectivity index (χ2v) is 11.0. The fourth-order valence-corrected chi connectivity index (χ4v) is 6.62. The van der Waals surface area contributed by atoms with Gasteiger partial charge in [0.1, 0.15) is 7.05 Å². The van der Waals surface area contributed by atoms with Crippen LogP contribution in [0.3, 0.4) is 0 Å². The number of nitrogens with zero attached hydrogens (tertiary/aromatic N) is 2. The molecule has 0 bridgehead atoms. The Morgan fingerprint density at radius 2 is 1.31 bits per heavy atom. The van der Waals surface area contributed by atoms with Gasteiger partial charge < -0.3 is 4.90 Å².